The summed E-state index contributed by atoms with van der Waals surface area (Å²) in [5.74, 6) is -1.76. The molecule has 1 aromatic rings. The van der Waals surface area contributed by atoms with Crippen LogP contribution in [0.1, 0.15) is 44.5 Å². The fraction of sp³-hybridized carbons (Fsp3) is 0.700. The number of rotatable bonds is 7. The zero-order valence-corrected chi connectivity index (χ0v) is 16.3. The van der Waals surface area contributed by atoms with Crippen LogP contribution in [0.4, 0.5) is 17.6 Å². The zero-order valence-electron chi connectivity index (χ0n) is 16.3. The van der Waals surface area contributed by atoms with E-state index in [1.54, 1.807) is 0 Å². The average molecular weight is 422 g/mol. The van der Waals surface area contributed by atoms with Gasteiger partial charge in [0, 0.05) is 11.5 Å². The first-order valence-corrected chi connectivity index (χ1v) is 9.87. The maximum Gasteiger partial charge on any atom is 0.573 e. The predicted octanol–water partition coefficient (Wildman–Crippen LogP) is 4.96. The molecule has 3 rings (SSSR count). The summed E-state index contributed by atoms with van der Waals surface area (Å²) in [7, 11) is 0. The molecule has 2 aliphatic rings. The van der Waals surface area contributed by atoms with Crippen LogP contribution in [0.2, 0.25) is 0 Å². The molecule has 9 heteroatoms. The van der Waals surface area contributed by atoms with E-state index in [1.165, 1.54) is 25.3 Å². The van der Waals surface area contributed by atoms with E-state index in [4.69, 9.17) is 18.9 Å². The van der Waals surface area contributed by atoms with Crippen molar-refractivity contribution in [2.24, 2.45) is 11.8 Å². The Labute approximate surface area is 167 Å². The molecule has 0 radical (unpaired) electrons. The molecule has 164 valence electrons. The lowest BCUT2D eigenvalue weighted by Gasteiger charge is -2.37. The molecule has 0 bridgehead atoms. The minimum absolute atomic E-state index is 0.125. The average Bonchev–Trinajstić information content (AvgIpc) is 2.69. The van der Waals surface area contributed by atoms with Crippen molar-refractivity contribution < 1.29 is 41.2 Å². The molecule has 0 N–H and O–H groups in total. The van der Waals surface area contributed by atoms with Gasteiger partial charge in [-0.1, -0.05) is 32.3 Å². The van der Waals surface area contributed by atoms with E-state index in [1.807, 2.05) is 0 Å². The highest BCUT2D eigenvalue weighted by atomic mass is 19.4. The maximum atomic E-state index is 13.9. The highest BCUT2D eigenvalue weighted by molar-refractivity contribution is 5.30. The second-order valence-corrected chi connectivity index (χ2v) is 7.39. The van der Waals surface area contributed by atoms with Crippen LogP contribution in [0, 0.1) is 17.7 Å². The number of halogens is 4. The number of ether oxygens (including phenoxy) is 5. The van der Waals surface area contributed by atoms with E-state index in [2.05, 4.69) is 11.7 Å². The van der Waals surface area contributed by atoms with Crippen LogP contribution < -0.4 is 4.74 Å². The van der Waals surface area contributed by atoms with Crippen LogP contribution in [-0.2, 0) is 18.9 Å². The molecule has 0 unspecified atom stereocenters. The summed E-state index contributed by atoms with van der Waals surface area (Å²) >= 11 is 0. The maximum absolute atomic E-state index is 13.9. The zero-order chi connectivity index (χ0) is 20.9. The predicted molar refractivity (Wildman–Crippen MR) is 94.5 cm³/mol. The molecular weight excluding hydrogens is 396 g/mol. The number of hydrogen-bond acceptors (Lipinski definition) is 5. The molecular formula is C20H26F4O5. The largest absolute Gasteiger partial charge is 0.573 e. The normalized spacial score (nSPS) is 28.3. The van der Waals surface area contributed by atoms with Crippen molar-refractivity contribution in [2.45, 2.75) is 51.5 Å². The van der Waals surface area contributed by atoms with Crippen LogP contribution in [-0.4, -0.2) is 39.1 Å². The Kier molecular flexibility index (Phi) is 7.72. The standard InChI is InChI=1S/C20H26F4O5/c1-2-3-4-5-13-9-25-19(26-10-13)15-11-27-18(28-12-15)14-6-7-17(16(21)8-14)29-20(22,23)24/h6-8,13,15,18-19H,2-5,9-12H2,1H3/t13-,15-,18-,19-. The monoisotopic (exact) mass is 422 g/mol. The summed E-state index contributed by atoms with van der Waals surface area (Å²) in [5.41, 5.74) is 0.275. The summed E-state index contributed by atoms with van der Waals surface area (Å²) in [6.07, 6.45) is -1.61. The molecule has 2 fully saturated rings. The quantitative estimate of drug-likeness (QED) is 0.459. The van der Waals surface area contributed by atoms with Crippen molar-refractivity contribution in [3.63, 3.8) is 0 Å². The SMILES string of the molecule is CCCCC[C@H]1CO[C@H]([C@H]2CO[C@H](c3ccc(OC(F)(F)F)c(F)c3)OC2)OC1. The second kappa shape index (κ2) is 10.1. The molecule has 0 aromatic heterocycles. The van der Waals surface area contributed by atoms with E-state index in [0.29, 0.717) is 19.1 Å². The fourth-order valence-electron chi connectivity index (χ4n) is 3.42. The lowest BCUT2D eigenvalue weighted by Crippen LogP contribution is -2.43. The summed E-state index contributed by atoms with van der Waals surface area (Å²) in [6.45, 7) is 4.00. The van der Waals surface area contributed by atoms with Crippen LogP contribution >= 0.6 is 0 Å². The van der Waals surface area contributed by atoms with Gasteiger partial charge in [-0.25, -0.2) is 4.39 Å². The molecule has 0 saturated carbocycles. The Morgan fingerprint density at radius 1 is 1.00 bits per heavy atom. The van der Waals surface area contributed by atoms with Gasteiger partial charge in [-0.15, -0.1) is 13.2 Å². The first kappa shape index (κ1) is 22.3. The van der Waals surface area contributed by atoms with Crippen LogP contribution in [0.5, 0.6) is 5.75 Å². The van der Waals surface area contributed by atoms with Crippen LogP contribution in [0.3, 0.4) is 0 Å². The Hall–Kier alpha value is -1.42. The third-order valence-corrected chi connectivity index (χ3v) is 4.97. The Bertz CT molecular complexity index is 638. The topological polar surface area (TPSA) is 46.2 Å². The third kappa shape index (κ3) is 6.53. The van der Waals surface area contributed by atoms with Crippen molar-refractivity contribution in [1.82, 2.24) is 0 Å². The van der Waals surface area contributed by atoms with Crippen LogP contribution in [0.25, 0.3) is 0 Å². The molecule has 2 saturated heterocycles. The smallest absolute Gasteiger partial charge is 0.403 e. The van der Waals surface area contributed by atoms with Gasteiger partial charge in [0.05, 0.1) is 32.3 Å². The summed E-state index contributed by atoms with van der Waals surface area (Å²) in [4.78, 5) is 0. The van der Waals surface area contributed by atoms with Crippen LogP contribution in [0.15, 0.2) is 18.2 Å². The minimum Gasteiger partial charge on any atom is -0.403 e. The minimum atomic E-state index is -4.96. The fourth-order valence-corrected chi connectivity index (χ4v) is 3.42. The molecule has 1 aromatic carbocycles. The Morgan fingerprint density at radius 3 is 2.28 bits per heavy atom. The first-order valence-electron chi connectivity index (χ1n) is 9.87. The number of hydrogen-bond donors (Lipinski definition) is 0. The van der Waals surface area contributed by atoms with Gasteiger partial charge in [0.1, 0.15) is 0 Å². The van der Waals surface area contributed by atoms with Crippen molar-refractivity contribution in [2.75, 3.05) is 26.4 Å². The number of alkyl halides is 3. The van der Waals surface area contributed by atoms with E-state index in [0.717, 1.165) is 18.6 Å². The van der Waals surface area contributed by atoms with Gasteiger partial charge in [-0.05, 0) is 18.6 Å². The lowest BCUT2D eigenvalue weighted by molar-refractivity contribution is -0.283. The second-order valence-electron chi connectivity index (χ2n) is 7.39. The van der Waals surface area contributed by atoms with Crippen molar-refractivity contribution >= 4 is 0 Å². The van der Waals surface area contributed by atoms with Crippen molar-refractivity contribution in [3.8, 4) is 5.75 Å². The Morgan fingerprint density at radius 2 is 1.69 bits per heavy atom. The van der Waals surface area contributed by atoms with Gasteiger partial charge in [0.15, 0.2) is 24.1 Å². The van der Waals surface area contributed by atoms with Crippen molar-refractivity contribution in [1.29, 1.82) is 0 Å². The van der Waals surface area contributed by atoms with E-state index in [-0.39, 0.29) is 24.7 Å². The molecule has 5 nitrogen and oxygen atoms in total. The van der Waals surface area contributed by atoms with Gasteiger partial charge >= 0.3 is 6.36 Å². The van der Waals surface area contributed by atoms with Crippen molar-refractivity contribution in [3.05, 3.63) is 29.6 Å². The summed E-state index contributed by atoms with van der Waals surface area (Å²) < 4.78 is 77.1. The molecule has 2 heterocycles. The number of benzene rings is 1. The molecule has 0 atom stereocenters. The first-order chi connectivity index (χ1) is 13.9. The Balaban J connectivity index is 1.45. The summed E-state index contributed by atoms with van der Waals surface area (Å²) in [6, 6.07) is 3.10. The van der Waals surface area contributed by atoms with E-state index < -0.39 is 30.5 Å². The highest BCUT2D eigenvalue weighted by Gasteiger charge is 2.35. The number of unbranched alkanes of at least 4 members (excludes halogenated alkanes) is 2. The molecule has 29 heavy (non-hydrogen) atoms. The molecule has 0 amide bonds. The van der Waals surface area contributed by atoms with Gasteiger partial charge in [-0.3, -0.25) is 0 Å². The van der Waals surface area contributed by atoms with E-state index in [9.17, 15) is 17.6 Å². The summed E-state index contributed by atoms with van der Waals surface area (Å²) in [5, 5.41) is 0. The van der Waals surface area contributed by atoms with E-state index >= 15 is 0 Å². The lowest BCUT2D eigenvalue weighted by atomic mass is 10.0. The highest BCUT2D eigenvalue weighted by Crippen LogP contribution is 2.32. The van der Waals surface area contributed by atoms with Gasteiger partial charge in [0.25, 0.3) is 0 Å². The van der Waals surface area contributed by atoms with Gasteiger partial charge in [0.2, 0.25) is 0 Å². The molecule has 2 aliphatic heterocycles. The third-order valence-electron chi connectivity index (χ3n) is 4.97. The molecule has 0 aliphatic carbocycles. The molecule has 0 spiro atoms. The van der Waals surface area contributed by atoms with Gasteiger partial charge < -0.3 is 23.7 Å². The van der Waals surface area contributed by atoms with Gasteiger partial charge in [-0.2, -0.15) is 0 Å².